The zero-order valence-corrected chi connectivity index (χ0v) is 15.0. The first-order chi connectivity index (χ1) is 12.1. The van der Waals surface area contributed by atoms with Crippen LogP contribution in [0.15, 0.2) is 72.1 Å². The minimum Gasteiger partial charge on any atom is -0.349 e. The zero-order chi connectivity index (χ0) is 17.6. The molecule has 0 saturated heterocycles. The summed E-state index contributed by atoms with van der Waals surface area (Å²) in [6, 6.07) is 19.6. The van der Waals surface area contributed by atoms with Crippen LogP contribution in [0.4, 0.5) is 0 Å². The van der Waals surface area contributed by atoms with E-state index in [1.807, 2.05) is 74.5 Å². The first-order valence-electron chi connectivity index (χ1n) is 8.12. The van der Waals surface area contributed by atoms with E-state index in [1.54, 1.807) is 11.0 Å². The van der Waals surface area contributed by atoms with Gasteiger partial charge in [0.2, 0.25) is 11.1 Å². The molecule has 0 fully saturated rings. The highest BCUT2D eigenvalue weighted by Crippen LogP contribution is 2.21. The van der Waals surface area contributed by atoms with Gasteiger partial charge in [-0.3, -0.25) is 4.79 Å². The molecule has 3 rings (SSSR count). The second-order valence-corrected chi connectivity index (χ2v) is 7.02. The van der Waals surface area contributed by atoms with Gasteiger partial charge in [-0.25, -0.2) is 9.67 Å². The van der Waals surface area contributed by atoms with Crippen molar-refractivity contribution in [1.29, 1.82) is 0 Å². The molecule has 128 valence electrons. The van der Waals surface area contributed by atoms with Crippen molar-refractivity contribution in [1.82, 2.24) is 20.1 Å². The van der Waals surface area contributed by atoms with Crippen molar-refractivity contribution in [2.24, 2.45) is 0 Å². The topological polar surface area (TPSA) is 59.8 Å². The van der Waals surface area contributed by atoms with E-state index < -0.39 is 0 Å². The molecule has 0 bridgehead atoms. The molecule has 3 aromatic rings. The Balaban J connectivity index is 1.59. The Hall–Kier alpha value is -2.60. The predicted molar refractivity (Wildman–Crippen MR) is 99.7 cm³/mol. The standard InChI is InChI=1S/C19H20N4OS/c1-14(16-9-5-3-6-10-16)21-18(24)15(2)25-19-20-13-23(22-19)17-11-7-4-8-12-17/h3-15H,1-2H3,(H,21,24). The average Bonchev–Trinajstić information content (AvgIpc) is 3.11. The highest BCUT2D eigenvalue weighted by Gasteiger charge is 2.19. The third-order valence-corrected chi connectivity index (χ3v) is 4.77. The van der Waals surface area contributed by atoms with Crippen molar-refractivity contribution in [3.8, 4) is 5.69 Å². The molecule has 25 heavy (non-hydrogen) atoms. The molecule has 1 heterocycles. The summed E-state index contributed by atoms with van der Waals surface area (Å²) in [7, 11) is 0. The maximum atomic E-state index is 12.4. The normalized spacial score (nSPS) is 13.2. The second-order valence-electron chi connectivity index (χ2n) is 5.71. The van der Waals surface area contributed by atoms with E-state index >= 15 is 0 Å². The molecule has 6 heteroatoms. The third-order valence-electron chi connectivity index (χ3n) is 3.80. The summed E-state index contributed by atoms with van der Waals surface area (Å²) < 4.78 is 1.71. The minimum absolute atomic E-state index is 0.0302. The summed E-state index contributed by atoms with van der Waals surface area (Å²) in [5.74, 6) is -0.0302. The van der Waals surface area contributed by atoms with E-state index in [4.69, 9.17) is 0 Å². The molecule has 0 aliphatic heterocycles. The van der Waals surface area contributed by atoms with Gasteiger partial charge in [0.1, 0.15) is 6.33 Å². The summed E-state index contributed by atoms with van der Waals surface area (Å²) in [5, 5.41) is 7.76. The number of aromatic nitrogens is 3. The van der Waals surface area contributed by atoms with Crippen LogP contribution in [0.5, 0.6) is 0 Å². The molecule has 1 amide bonds. The molecule has 5 nitrogen and oxygen atoms in total. The lowest BCUT2D eigenvalue weighted by Crippen LogP contribution is -2.33. The van der Waals surface area contributed by atoms with Gasteiger partial charge in [0.05, 0.1) is 17.0 Å². The molecular formula is C19H20N4OS. The maximum Gasteiger partial charge on any atom is 0.233 e. The molecule has 0 aliphatic carbocycles. The van der Waals surface area contributed by atoms with Gasteiger partial charge in [-0.1, -0.05) is 60.3 Å². The fourth-order valence-electron chi connectivity index (χ4n) is 2.37. The van der Waals surface area contributed by atoms with Crippen molar-refractivity contribution >= 4 is 17.7 Å². The Morgan fingerprint density at radius 3 is 2.36 bits per heavy atom. The number of hydrogen-bond acceptors (Lipinski definition) is 4. The van der Waals surface area contributed by atoms with Gasteiger partial charge in [-0.05, 0) is 31.5 Å². The summed E-state index contributed by atoms with van der Waals surface area (Å²) in [6.07, 6.45) is 1.66. The lowest BCUT2D eigenvalue weighted by atomic mass is 10.1. The quantitative estimate of drug-likeness (QED) is 0.688. The third kappa shape index (κ3) is 4.48. The summed E-state index contributed by atoms with van der Waals surface area (Å²) in [4.78, 5) is 16.7. The minimum atomic E-state index is -0.280. The highest BCUT2D eigenvalue weighted by atomic mass is 32.2. The highest BCUT2D eigenvalue weighted by molar-refractivity contribution is 8.00. The largest absolute Gasteiger partial charge is 0.349 e. The lowest BCUT2D eigenvalue weighted by molar-refractivity contribution is -0.120. The summed E-state index contributed by atoms with van der Waals surface area (Å²) in [6.45, 7) is 3.84. The Labute approximate surface area is 151 Å². The summed E-state index contributed by atoms with van der Waals surface area (Å²) >= 11 is 1.35. The number of carbonyl (C=O) groups is 1. The molecule has 1 aromatic heterocycles. The first kappa shape index (κ1) is 17.2. The molecule has 0 spiro atoms. The summed E-state index contributed by atoms with van der Waals surface area (Å²) in [5.41, 5.74) is 2.02. The SMILES string of the molecule is CC(Sc1ncn(-c2ccccc2)n1)C(=O)NC(C)c1ccccc1. The van der Waals surface area contributed by atoms with Crippen LogP contribution in [0.1, 0.15) is 25.5 Å². The number of rotatable bonds is 6. The van der Waals surface area contributed by atoms with E-state index in [2.05, 4.69) is 15.4 Å². The van der Waals surface area contributed by atoms with E-state index in [-0.39, 0.29) is 17.2 Å². The van der Waals surface area contributed by atoms with Gasteiger partial charge in [-0.2, -0.15) is 0 Å². The number of carbonyl (C=O) groups excluding carboxylic acids is 1. The van der Waals surface area contributed by atoms with Gasteiger partial charge in [0, 0.05) is 0 Å². The number of para-hydroxylation sites is 1. The van der Waals surface area contributed by atoms with Gasteiger partial charge in [0.25, 0.3) is 0 Å². The van der Waals surface area contributed by atoms with Crippen LogP contribution in [0.25, 0.3) is 5.69 Å². The Bertz CT molecular complexity index is 820. The number of nitrogens with one attached hydrogen (secondary N) is 1. The van der Waals surface area contributed by atoms with Crippen LogP contribution in [-0.4, -0.2) is 25.9 Å². The van der Waals surface area contributed by atoms with Crippen molar-refractivity contribution in [2.75, 3.05) is 0 Å². The second kappa shape index (κ2) is 7.98. The lowest BCUT2D eigenvalue weighted by Gasteiger charge is -2.16. The molecule has 1 N–H and O–H groups in total. The van der Waals surface area contributed by atoms with Crippen LogP contribution in [0, 0.1) is 0 Å². The molecule has 0 radical (unpaired) electrons. The van der Waals surface area contributed by atoms with Crippen molar-refractivity contribution in [2.45, 2.75) is 30.3 Å². The number of thioether (sulfide) groups is 1. The van der Waals surface area contributed by atoms with Crippen LogP contribution < -0.4 is 5.32 Å². The number of benzene rings is 2. The van der Waals surface area contributed by atoms with Crippen LogP contribution in [0.3, 0.4) is 0 Å². The van der Waals surface area contributed by atoms with Crippen LogP contribution in [0.2, 0.25) is 0 Å². The fourth-order valence-corrected chi connectivity index (χ4v) is 3.11. The average molecular weight is 352 g/mol. The molecule has 0 aliphatic rings. The van der Waals surface area contributed by atoms with Gasteiger partial charge >= 0.3 is 0 Å². The van der Waals surface area contributed by atoms with Crippen molar-refractivity contribution in [3.05, 3.63) is 72.6 Å². The van der Waals surface area contributed by atoms with E-state index in [1.165, 1.54) is 11.8 Å². The van der Waals surface area contributed by atoms with Gasteiger partial charge < -0.3 is 5.32 Å². The van der Waals surface area contributed by atoms with E-state index in [0.717, 1.165) is 11.3 Å². The Kier molecular flexibility index (Phi) is 5.50. The molecule has 2 aromatic carbocycles. The molecule has 2 unspecified atom stereocenters. The first-order valence-corrected chi connectivity index (χ1v) is 9.00. The maximum absolute atomic E-state index is 12.4. The number of hydrogen-bond donors (Lipinski definition) is 1. The van der Waals surface area contributed by atoms with Crippen molar-refractivity contribution < 1.29 is 4.79 Å². The van der Waals surface area contributed by atoms with Gasteiger partial charge in [-0.15, -0.1) is 5.10 Å². The fraction of sp³-hybridized carbons (Fsp3) is 0.211. The molecule has 2 atom stereocenters. The van der Waals surface area contributed by atoms with E-state index in [9.17, 15) is 4.79 Å². The number of amides is 1. The Morgan fingerprint density at radius 1 is 1.04 bits per heavy atom. The number of nitrogens with zero attached hydrogens (tertiary/aromatic N) is 3. The van der Waals surface area contributed by atoms with Gasteiger partial charge in [0.15, 0.2) is 0 Å². The van der Waals surface area contributed by atoms with E-state index in [0.29, 0.717) is 5.16 Å². The van der Waals surface area contributed by atoms with Crippen LogP contribution >= 0.6 is 11.8 Å². The monoisotopic (exact) mass is 352 g/mol. The zero-order valence-electron chi connectivity index (χ0n) is 14.2. The molecular weight excluding hydrogens is 332 g/mol. The van der Waals surface area contributed by atoms with Crippen molar-refractivity contribution in [3.63, 3.8) is 0 Å². The Morgan fingerprint density at radius 2 is 1.68 bits per heavy atom. The smallest absolute Gasteiger partial charge is 0.233 e. The van der Waals surface area contributed by atoms with Crippen LogP contribution in [-0.2, 0) is 4.79 Å². The molecule has 0 saturated carbocycles. The predicted octanol–water partition coefficient (Wildman–Crippen LogP) is 3.63.